The van der Waals surface area contributed by atoms with Crippen molar-refractivity contribution in [3.63, 3.8) is 0 Å². The summed E-state index contributed by atoms with van der Waals surface area (Å²) < 4.78 is 0. The van der Waals surface area contributed by atoms with Crippen LogP contribution in [-0.2, 0) is 0 Å². The molecule has 0 amide bonds. The second-order valence-corrected chi connectivity index (χ2v) is 2.66. The maximum Gasteiger partial charge on any atom is 0.185 e. The van der Waals surface area contributed by atoms with Crippen LogP contribution < -0.4 is 0 Å². The minimum atomic E-state index is 0.0439. The Morgan fingerprint density at radius 3 is 2.62 bits per heavy atom. The van der Waals surface area contributed by atoms with Crippen molar-refractivity contribution < 1.29 is 4.79 Å². The van der Waals surface area contributed by atoms with Gasteiger partial charge in [0.15, 0.2) is 5.78 Å². The maximum atomic E-state index is 11.4. The third kappa shape index (κ3) is 3.08. The van der Waals surface area contributed by atoms with E-state index in [4.69, 9.17) is 0 Å². The van der Waals surface area contributed by atoms with Crippen LogP contribution in [0.15, 0.2) is 55.1 Å². The number of hydrogen-bond acceptors (Lipinski definition) is 1. The van der Waals surface area contributed by atoms with E-state index in [2.05, 4.69) is 6.58 Å². The summed E-state index contributed by atoms with van der Waals surface area (Å²) in [4.78, 5) is 11.4. The zero-order valence-corrected chi connectivity index (χ0v) is 7.44. The first-order chi connectivity index (χ1) is 6.34. The Morgan fingerprint density at radius 2 is 2.00 bits per heavy atom. The molecule has 0 fully saturated rings. The lowest BCUT2D eigenvalue weighted by Crippen LogP contribution is -1.92. The van der Waals surface area contributed by atoms with Crippen LogP contribution in [0, 0.1) is 0 Å². The van der Waals surface area contributed by atoms with Gasteiger partial charge in [-0.3, -0.25) is 4.79 Å². The zero-order valence-electron chi connectivity index (χ0n) is 7.44. The molecule has 66 valence electrons. The molecule has 0 heterocycles. The molecule has 13 heavy (non-hydrogen) atoms. The van der Waals surface area contributed by atoms with Crippen LogP contribution in [0.3, 0.4) is 0 Å². The number of rotatable bonds is 4. The number of benzene rings is 1. The molecule has 0 aliphatic rings. The molecule has 0 unspecified atom stereocenters. The number of hydrogen-bond donors (Lipinski definition) is 0. The summed E-state index contributed by atoms with van der Waals surface area (Å²) in [5.41, 5.74) is 0.725. The van der Waals surface area contributed by atoms with Gasteiger partial charge in [-0.05, 0) is 12.5 Å². The van der Waals surface area contributed by atoms with Gasteiger partial charge in [-0.15, -0.1) is 6.58 Å². The Morgan fingerprint density at radius 1 is 1.31 bits per heavy atom. The summed E-state index contributed by atoms with van der Waals surface area (Å²) in [7, 11) is 0. The van der Waals surface area contributed by atoms with E-state index in [0.29, 0.717) is 0 Å². The smallest absolute Gasteiger partial charge is 0.185 e. The highest BCUT2D eigenvalue weighted by atomic mass is 16.1. The SMILES string of the molecule is C=CCC=CC(=O)c1ccccc1. The van der Waals surface area contributed by atoms with Crippen molar-refractivity contribution in [2.75, 3.05) is 0 Å². The second kappa shape index (κ2) is 5.09. The minimum Gasteiger partial charge on any atom is -0.289 e. The van der Waals surface area contributed by atoms with E-state index in [-0.39, 0.29) is 5.78 Å². The molecule has 1 aromatic carbocycles. The van der Waals surface area contributed by atoms with Crippen molar-refractivity contribution in [2.45, 2.75) is 6.42 Å². The fourth-order valence-electron chi connectivity index (χ4n) is 0.970. The molecule has 0 bridgehead atoms. The maximum absolute atomic E-state index is 11.4. The molecule has 0 saturated heterocycles. The number of carbonyl (C=O) groups excluding carboxylic acids is 1. The van der Waals surface area contributed by atoms with Gasteiger partial charge in [0.05, 0.1) is 0 Å². The Labute approximate surface area is 78.4 Å². The lowest BCUT2D eigenvalue weighted by atomic mass is 10.1. The van der Waals surface area contributed by atoms with Crippen LogP contribution in [0.2, 0.25) is 0 Å². The molecule has 0 saturated carbocycles. The summed E-state index contributed by atoms with van der Waals surface area (Å²) in [5.74, 6) is 0.0439. The molecule has 0 radical (unpaired) electrons. The Bertz CT molecular complexity index is 309. The molecule has 1 rings (SSSR count). The molecule has 0 aliphatic carbocycles. The average Bonchev–Trinajstić information content (AvgIpc) is 2.19. The van der Waals surface area contributed by atoms with Crippen LogP contribution in [0.1, 0.15) is 16.8 Å². The number of carbonyl (C=O) groups is 1. The molecule has 0 aliphatic heterocycles. The van der Waals surface area contributed by atoms with Gasteiger partial charge in [0.1, 0.15) is 0 Å². The zero-order chi connectivity index (χ0) is 9.52. The van der Waals surface area contributed by atoms with E-state index in [1.54, 1.807) is 24.3 Å². The third-order valence-corrected chi connectivity index (χ3v) is 1.63. The molecule has 0 aromatic heterocycles. The molecular weight excluding hydrogens is 160 g/mol. The Kier molecular flexibility index (Phi) is 3.71. The summed E-state index contributed by atoms with van der Waals surface area (Å²) in [6.07, 6.45) is 5.88. The van der Waals surface area contributed by atoms with Crippen LogP contribution in [0.4, 0.5) is 0 Å². The third-order valence-electron chi connectivity index (χ3n) is 1.63. The van der Waals surface area contributed by atoms with Crippen molar-refractivity contribution in [3.05, 3.63) is 60.7 Å². The minimum absolute atomic E-state index is 0.0439. The van der Waals surface area contributed by atoms with E-state index in [1.807, 2.05) is 24.3 Å². The van der Waals surface area contributed by atoms with Crippen molar-refractivity contribution in [1.29, 1.82) is 0 Å². The van der Waals surface area contributed by atoms with Gasteiger partial charge in [0, 0.05) is 5.56 Å². The van der Waals surface area contributed by atoms with Crippen molar-refractivity contribution in [1.82, 2.24) is 0 Å². The largest absolute Gasteiger partial charge is 0.289 e. The second-order valence-electron chi connectivity index (χ2n) is 2.66. The average molecular weight is 172 g/mol. The molecule has 1 heteroatoms. The van der Waals surface area contributed by atoms with E-state index >= 15 is 0 Å². The van der Waals surface area contributed by atoms with Gasteiger partial charge in [0.2, 0.25) is 0 Å². The van der Waals surface area contributed by atoms with Crippen molar-refractivity contribution >= 4 is 5.78 Å². The van der Waals surface area contributed by atoms with E-state index < -0.39 is 0 Å². The number of allylic oxidation sites excluding steroid dienone is 3. The van der Waals surface area contributed by atoms with Gasteiger partial charge in [-0.2, -0.15) is 0 Å². The lowest BCUT2D eigenvalue weighted by molar-refractivity contribution is 0.104. The first kappa shape index (κ1) is 9.46. The highest BCUT2D eigenvalue weighted by Crippen LogP contribution is 2.00. The highest BCUT2D eigenvalue weighted by molar-refractivity contribution is 6.04. The summed E-state index contributed by atoms with van der Waals surface area (Å²) in [5, 5.41) is 0. The fraction of sp³-hybridized carbons (Fsp3) is 0.0833. The lowest BCUT2D eigenvalue weighted by Gasteiger charge is -1.92. The highest BCUT2D eigenvalue weighted by Gasteiger charge is 1.97. The van der Waals surface area contributed by atoms with Gasteiger partial charge in [-0.25, -0.2) is 0 Å². The summed E-state index contributed by atoms with van der Waals surface area (Å²) >= 11 is 0. The van der Waals surface area contributed by atoms with Gasteiger partial charge >= 0.3 is 0 Å². The van der Waals surface area contributed by atoms with Crippen molar-refractivity contribution in [3.8, 4) is 0 Å². The van der Waals surface area contributed by atoms with Crippen LogP contribution in [0.5, 0.6) is 0 Å². The van der Waals surface area contributed by atoms with Crippen LogP contribution >= 0.6 is 0 Å². The molecule has 1 aromatic rings. The normalized spacial score (nSPS) is 10.2. The Balaban J connectivity index is 2.64. The summed E-state index contributed by atoms with van der Waals surface area (Å²) in [6, 6.07) is 9.22. The van der Waals surface area contributed by atoms with E-state index in [0.717, 1.165) is 12.0 Å². The molecule has 0 N–H and O–H groups in total. The van der Waals surface area contributed by atoms with Crippen molar-refractivity contribution in [2.24, 2.45) is 0 Å². The van der Waals surface area contributed by atoms with Crippen LogP contribution in [-0.4, -0.2) is 5.78 Å². The molecule has 0 spiro atoms. The standard InChI is InChI=1S/C12H12O/c1-2-3-5-10-12(13)11-8-6-4-7-9-11/h2,4-10H,1,3H2. The molecule has 1 nitrogen and oxygen atoms in total. The van der Waals surface area contributed by atoms with Crippen LogP contribution in [0.25, 0.3) is 0 Å². The summed E-state index contributed by atoms with van der Waals surface area (Å²) in [6.45, 7) is 3.57. The first-order valence-corrected chi connectivity index (χ1v) is 4.21. The van der Waals surface area contributed by atoms with E-state index in [9.17, 15) is 4.79 Å². The van der Waals surface area contributed by atoms with Gasteiger partial charge in [0.25, 0.3) is 0 Å². The van der Waals surface area contributed by atoms with Gasteiger partial charge in [-0.1, -0.05) is 42.5 Å². The number of ketones is 1. The predicted octanol–water partition coefficient (Wildman–Crippen LogP) is 3.00. The molecule has 0 atom stereocenters. The Hall–Kier alpha value is -1.63. The van der Waals surface area contributed by atoms with Gasteiger partial charge < -0.3 is 0 Å². The fourth-order valence-corrected chi connectivity index (χ4v) is 0.970. The predicted molar refractivity (Wildman–Crippen MR) is 54.7 cm³/mol. The van der Waals surface area contributed by atoms with E-state index in [1.165, 1.54) is 0 Å². The first-order valence-electron chi connectivity index (χ1n) is 4.21. The molecular formula is C12H12O. The topological polar surface area (TPSA) is 17.1 Å². The quantitative estimate of drug-likeness (QED) is 0.387. The monoisotopic (exact) mass is 172 g/mol.